The lowest BCUT2D eigenvalue weighted by molar-refractivity contribution is 0.337. The van der Waals surface area contributed by atoms with Crippen LogP contribution in [0.1, 0.15) is 29.2 Å². The Bertz CT molecular complexity index is 942. The molecule has 0 amide bonds. The van der Waals surface area contributed by atoms with Crippen molar-refractivity contribution in [2.24, 2.45) is 0 Å². The van der Waals surface area contributed by atoms with E-state index >= 15 is 0 Å². The number of aryl methyl sites for hydroxylation is 2. The van der Waals surface area contributed by atoms with E-state index in [0.717, 1.165) is 16.9 Å². The van der Waals surface area contributed by atoms with Crippen molar-refractivity contribution in [3.05, 3.63) is 52.6 Å². The van der Waals surface area contributed by atoms with Gasteiger partial charge in [0.1, 0.15) is 5.75 Å². The summed E-state index contributed by atoms with van der Waals surface area (Å²) in [5, 5.41) is 0. The molecule has 0 aliphatic carbocycles. The number of benzene rings is 2. The van der Waals surface area contributed by atoms with Gasteiger partial charge in [-0.25, -0.2) is 8.42 Å². The molecular formula is C22H30N2O3S. The van der Waals surface area contributed by atoms with Crippen LogP contribution in [-0.2, 0) is 10.0 Å². The number of ether oxygens (including phenoxy) is 1. The summed E-state index contributed by atoms with van der Waals surface area (Å²) >= 11 is 0. The zero-order valence-electron chi connectivity index (χ0n) is 17.4. The van der Waals surface area contributed by atoms with Gasteiger partial charge in [-0.05, 0) is 69.0 Å². The Kier molecular flexibility index (Phi) is 6.01. The molecular weight excluding hydrogens is 372 g/mol. The first-order valence-electron chi connectivity index (χ1n) is 9.81. The van der Waals surface area contributed by atoms with Gasteiger partial charge < -0.3 is 9.64 Å². The minimum absolute atomic E-state index is 0.383. The van der Waals surface area contributed by atoms with Crippen LogP contribution in [0, 0.1) is 27.7 Å². The molecule has 1 saturated heterocycles. The number of nitrogens with zero attached hydrogens (tertiary/aromatic N) is 2. The number of rotatable bonds is 5. The fourth-order valence-electron chi connectivity index (χ4n) is 3.96. The van der Waals surface area contributed by atoms with E-state index in [4.69, 9.17) is 4.74 Å². The lowest BCUT2D eigenvalue weighted by atomic mass is 10.1. The van der Waals surface area contributed by atoms with Gasteiger partial charge in [-0.15, -0.1) is 0 Å². The second kappa shape index (κ2) is 8.13. The van der Waals surface area contributed by atoms with Gasteiger partial charge in [0.2, 0.25) is 10.0 Å². The fourth-order valence-corrected chi connectivity index (χ4v) is 5.66. The van der Waals surface area contributed by atoms with Crippen molar-refractivity contribution in [3.63, 3.8) is 0 Å². The summed E-state index contributed by atoms with van der Waals surface area (Å²) in [5.74, 6) is 0.749. The van der Waals surface area contributed by atoms with Gasteiger partial charge in [0, 0.05) is 31.9 Å². The SMILES string of the molecule is CCOc1ccc(S(=O)(=O)N2CCN(c3c(C)cccc3C)CC2)c(C)c1C. The summed E-state index contributed by atoms with van der Waals surface area (Å²) in [6, 6.07) is 9.73. The summed E-state index contributed by atoms with van der Waals surface area (Å²) in [6.07, 6.45) is 0. The molecule has 0 spiro atoms. The first-order valence-corrected chi connectivity index (χ1v) is 11.3. The normalized spacial score (nSPS) is 15.7. The van der Waals surface area contributed by atoms with Crippen LogP contribution in [0.4, 0.5) is 5.69 Å². The molecule has 0 bridgehead atoms. The quantitative estimate of drug-likeness (QED) is 0.763. The average molecular weight is 403 g/mol. The second-order valence-corrected chi connectivity index (χ2v) is 9.28. The van der Waals surface area contributed by atoms with Crippen molar-refractivity contribution in [1.82, 2.24) is 4.31 Å². The Hall–Kier alpha value is -2.05. The molecule has 1 heterocycles. The van der Waals surface area contributed by atoms with E-state index < -0.39 is 10.0 Å². The lowest BCUT2D eigenvalue weighted by Crippen LogP contribution is -2.49. The van der Waals surface area contributed by atoms with Gasteiger partial charge in [-0.2, -0.15) is 4.31 Å². The Balaban J connectivity index is 1.81. The zero-order valence-corrected chi connectivity index (χ0v) is 18.3. The van der Waals surface area contributed by atoms with Crippen LogP contribution in [0.2, 0.25) is 0 Å². The molecule has 6 heteroatoms. The van der Waals surface area contributed by atoms with Crippen LogP contribution >= 0.6 is 0 Å². The molecule has 2 aromatic carbocycles. The highest BCUT2D eigenvalue weighted by molar-refractivity contribution is 7.89. The van der Waals surface area contributed by atoms with Gasteiger partial charge in [-0.3, -0.25) is 0 Å². The molecule has 0 atom stereocenters. The van der Waals surface area contributed by atoms with E-state index in [1.54, 1.807) is 16.4 Å². The number of para-hydroxylation sites is 1. The Morgan fingerprint density at radius 3 is 2.07 bits per heavy atom. The highest BCUT2D eigenvalue weighted by atomic mass is 32.2. The third-order valence-corrected chi connectivity index (χ3v) is 7.64. The standard InChI is InChI=1S/C22H30N2O3S/c1-6-27-20-10-11-21(19(5)18(20)4)28(25,26)24-14-12-23(13-15-24)22-16(2)8-7-9-17(22)3/h7-11H,6,12-15H2,1-5H3. The predicted molar refractivity (Wildman–Crippen MR) is 114 cm³/mol. The topological polar surface area (TPSA) is 49.9 Å². The number of hydrogen-bond donors (Lipinski definition) is 0. The number of anilines is 1. The van der Waals surface area contributed by atoms with Crippen LogP contribution in [0.25, 0.3) is 0 Å². The van der Waals surface area contributed by atoms with Crippen LogP contribution in [0.15, 0.2) is 35.2 Å². The number of hydrogen-bond acceptors (Lipinski definition) is 4. The summed E-state index contributed by atoms with van der Waals surface area (Å²) in [6.45, 7) is 12.8. The van der Waals surface area contributed by atoms with E-state index in [1.165, 1.54) is 16.8 Å². The van der Waals surface area contributed by atoms with Gasteiger partial charge in [0.25, 0.3) is 0 Å². The molecule has 1 aliphatic heterocycles. The Labute approximate surface area is 169 Å². The number of piperazine rings is 1. The van der Waals surface area contributed by atoms with Gasteiger partial charge >= 0.3 is 0 Å². The smallest absolute Gasteiger partial charge is 0.243 e. The predicted octanol–water partition coefficient (Wildman–Crippen LogP) is 3.83. The molecule has 0 N–H and O–H groups in total. The van der Waals surface area contributed by atoms with Crippen molar-refractivity contribution in [2.75, 3.05) is 37.7 Å². The van der Waals surface area contributed by atoms with E-state index in [9.17, 15) is 8.42 Å². The van der Waals surface area contributed by atoms with Gasteiger partial charge in [0.05, 0.1) is 11.5 Å². The van der Waals surface area contributed by atoms with E-state index in [-0.39, 0.29) is 0 Å². The monoisotopic (exact) mass is 402 g/mol. The summed E-state index contributed by atoms with van der Waals surface area (Å²) < 4.78 is 33.8. The molecule has 152 valence electrons. The molecule has 0 unspecified atom stereocenters. The largest absolute Gasteiger partial charge is 0.494 e. The molecule has 0 radical (unpaired) electrons. The summed E-state index contributed by atoms with van der Waals surface area (Å²) in [5.41, 5.74) is 5.34. The average Bonchev–Trinajstić information content (AvgIpc) is 2.66. The molecule has 5 nitrogen and oxygen atoms in total. The lowest BCUT2D eigenvalue weighted by Gasteiger charge is -2.37. The highest BCUT2D eigenvalue weighted by Crippen LogP contribution is 2.31. The third kappa shape index (κ3) is 3.76. The Morgan fingerprint density at radius 2 is 1.50 bits per heavy atom. The molecule has 1 aliphatic rings. The summed E-state index contributed by atoms with van der Waals surface area (Å²) in [4.78, 5) is 2.68. The van der Waals surface area contributed by atoms with Gasteiger partial charge in [-0.1, -0.05) is 18.2 Å². The van der Waals surface area contributed by atoms with Crippen molar-refractivity contribution < 1.29 is 13.2 Å². The second-order valence-electron chi connectivity index (χ2n) is 7.38. The fraction of sp³-hybridized carbons (Fsp3) is 0.455. The molecule has 0 aromatic heterocycles. The van der Waals surface area contributed by atoms with Crippen molar-refractivity contribution in [2.45, 2.75) is 39.5 Å². The van der Waals surface area contributed by atoms with Crippen LogP contribution in [0.5, 0.6) is 5.75 Å². The first kappa shape index (κ1) is 20.7. The minimum Gasteiger partial charge on any atom is -0.494 e. The van der Waals surface area contributed by atoms with E-state index in [0.29, 0.717) is 37.7 Å². The molecule has 3 rings (SSSR count). The third-order valence-electron chi connectivity index (χ3n) is 5.60. The maximum Gasteiger partial charge on any atom is 0.243 e. The van der Waals surface area contributed by atoms with Crippen LogP contribution in [-0.4, -0.2) is 45.5 Å². The molecule has 28 heavy (non-hydrogen) atoms. The molecule has 2 aromatic rings. The number of sulfonamides is 1. The minimum atomic E-state index is -3.52. The van der Waals surface area contributed by atoms with Crippen LogP contribution in [0.3, 0.4) is 0 Å². The maximum atomic E-state index is 13.3. The molecule has 0 saturated carbocycles. The van der Waals surface area contributed by atoms with Crippen molar-refractivity contribution in [1.29, 1.82) is 0 Å². The van der Waals surface area contributed by atoms with Crippen molar-refractivity contribution >= 4 is 15.7 Å². The first-order chi connectivity index (χ1) is 13.3. The van der Waals surface area contributed by atoms with Crippen LogP contribution < -0.4 is 9.64 Å². The highest BCUT2D eigenvalue weighted by Gasteiger charge is 2.31. The van der Waals surface area contributed by atoms with E-state index in [2.05, 4.69) is 36.9 Å². The summed E-state index contributed by atoms with van der Waals surface area (Å²) in [7, 11) is -3.52. The maximum absolute atomic E-state index is 13.3. The van der Waals surface area contributed by atoms with E-state index in [1.807, 2.05) is 20.8 Å². The zero-order chi connectivity index (χ0) is 20.5. The van der Waals surface area contributed by atoms with Gasteiger partial charge in [0.15, 0.2) is 0 Å². The Morgan fingerprint density at radius 1 is 0.893 bits per heavy atom. The molecule has 1 fully saturated rings. The van der Waals surface area contributed by atoms with Crippen molar-refractivity contribution in [3.8, 4) is 5.75 Å².